The first-order valence-corrected chi connectivity index (χ1v) is 6.38. The fourth-order valence-electron chi connectivity index (χ4n) is 1.46. The van der Waals surface area contributed by atoms with Crippen molar-refractivity contribution in [2.75, 3.05) is 0 Å². The molecule has 86 valence electrons. The van der Waals surface area contributed by atoms with Crippen LogP contribution in [0.4, 0.5) is 0 Å². The molecule has 0 radical (unpaired) electrons. The molecule has 0 fully saturated rings. The lowest BCUT2D eigenvalue weighted by atomic mass is 10.2. The topological polar surface area (TPSA) is 45.9 Å². The number of nitrogens with zero attached hydrogens (tertiary/aromatic N) is 2. The molecule has 1 unspecified atom stereocenters. The van der Waals surface area contributed by atoms with Crippen LogP contribution in [0.1, 0.15) is 6.92 Å². The maximum absolute atomic E-state index is 8.79. The Bertz CT molecular complexity index is 609. The minimum atomic E-state index is -0.519. The van der Waals surface area contributed by atoms with Crippen LogP contribution in [-0.4, -0.2) is 11.1 Å². The molecule has 0 saturated carbocycles. The van der Waals surface area contributed by atoms with Crippen LogP contribution >= 0.6 is 34.2 Å². The summed E-state index contributed by atoms with van der Waals surface area (Å²) in [6.45, 7) is 1.69. The Morgan fingerprint density at radius 2 is 2.35 bits per heavy atom. The van der Waals surface area contributed by atoms with Crippen molar-refractivity contribution in [1.29, 1.82) is 5.26 Å². The maximum Gasteiger partial charge on any atom is 0.181 e. The predicted molar refractivity (Wildman–Crippen MR) is 75.2 cm³/mol. The number of hydrogen-bond donors (Lipinski definition) is 0. The van der Waals surface area contributed by atoms with Gasteiger partial charge in [0, 0.05) is 11.6 Å². The monoisotopic (exact) mass is 358 g/mol. The van der Waals surface area contributed by atoms with E-state index in [0.717, 1.165) is 8.96 Å². The molecule has 0 amide bonds. The lowest BCUT2D eigenvalue weighted by molar-refractivity contribution is 0.277. The van der Waals surface area contributed by atoms with E-state index in [4.69, 9.17) is 21.6 Å². The van der Waals surface area contributed by atoms with Crippen molar-refractivity contribution in [3.05, 3.63) is 33.0 Å². The van der Waals surface area contributed by atoms with Gasteiger partial charge in [0.2, 0.25) is 0 Å². The van der Waals surface area contributed by atoms with Gasteiger partial charge in [-0.05, 0) is 47.7 Å². The van der Waals surface area contributed by atoms with E-state index in [1.54, 1.807) is 13.1 Å². The average Bonchev–Trinajstić information content (AvgIpc) is 2.34. The van der Waals surface area contributed by atoms with Crippen LogP contribution in [0.25, 0.3) is 10.9 Å². The number of fused-ring (bicyclic) bond motifs is 1. The summed E-state index contributed by atoms with van der Waals surface area (Å²) in [7, 11) is 0. The van der Waals surface area contributed by atoms with Gasteiger partial charge in [-0.1, -0.05) is 11.6 Å². The molecule has 17 heavy (non-hydrogen) atoms. The van der Waals surface area contributed by atoms with Gasteiger partial charge in [0.05, 0.1) is 8.59 Å². The van der Waals surface area contributed by atoms with Gasteiger partial charge in [-0.15, -0.1) is 0 Å². The van der Waals surface area contributed by atoms with Crippen LogP contribution in [0.15, 0.2) is 24.4 Å². The molecular weight excluding hydrogens is 351 g/mol. The van der Waals surface area contributed by atoms with Gasteiger partial charge in [-0.3, -0.25) is 4.98 Å². The Morgan fingerprint density at radius 1 is 1.59 bits per heavy atom. The summed E-state index contributed by atoms with van der Waals surface area (Å²) >= 11 is 8.26. The van der Waals surface area contributed by atoms with Crippen molar-refractivity contribution in [1.82, 2.24) is 4.98 Å². The second-order valence-corrected chi connectivity index (χ2v) is 5.03. The lowest BCUT2D eigenvalue weighted by Gasteiger charge is -2.12. The molecule has 1 atom stereocenters. The highest BCUT2D eigenvalue weighted by Gasteiger charge is 2.14. The van der Waals surface area contributed by atoms with Crippen molar-refractivity contribution < 1.29 is 4.74 Å². The molecule has 0 N–H and O–H groups in total. The smallest absolute Gasteiger partial charge is 0.181 e. The second kappa shape index (κ2) is 5.07. The highest BCUT2D eigenvalue weighted by molar-refractivity contribution is 14.1. The Kier molecular flexibility index (Phi) is 3.69. The zero-order valence-corrected chi connectivity index (χ0v) is 11.9. The SMILES string of the molecule is CC(C#N)Oc1c(I)cc(Cl)c2cccnc12. The molecular formula is C12H8ClIN2O. The van der Waals surface area contributed by atoms with E-state index in [-0.39, 0.29) is 0 Å². The van der Waals surface area contributed by atoms with Crippen molar-refractivity contribution in [3.8, 4) is 11.8 Å². The second-order valence-electron chi connectivity index (χ2n) is 3.46. The van der Waals surface area contributed by atoms with Gasteiger partial charge in [0.15, 0.2) is 11.9 Å². The van der Waals surface area contributed by atoms with E-state index in [1.807, 2.05) is 24.3 Å². The fraction of sp³-hybridized carbons (Fsp3) is 0.167. The first kappa shape index (κ1) is 12.4. The van der Waals surface area contributed by atoms with Gasteiger partial charge in [0.1, 0.15) is 11.6 Å². The number of pyridine rings is 1. The fourth-order valence-corrected chi connectivity index (χ4v) is 2.60. The minimum Gasteiger partial charge on any atom is -0.472 e. The average molecular weight is 359 g/mol. The van der Waals surface area contributed by atoms with E-state index in [1.165, 1.54) is 0 Å². The summed E-state index contributed by atoms with van der Waals surface area (Å²) in [4.78, 5) is 4.27. The van der Waals surface area contributed by atoms with Gasteiger partial charge in [0.25, 0.3) is 0 Å². The highest BCUT2D eigenvalue weighted by atomic mass is 127. The molecule has 2 rings (SSSR count). The first-order chi connectivity index (χ1) is 8.13. The number of nitriles is 1. The quantitative estimate of drug-likeness (QED) is 0.768. The molecule has 0 aliphatic rings. The Labute approximate surface area is 117 Å². The summed E-state index contributed by atoms with van der Waals surface area (Å²) in [5, 5.41) is 10.3. The third-order valence-corrected chi connectivity index (χ3v) is 3.34. The number of hydrogen-bond acceptors (Lipinski definition) is 3. The Balaban J connectivity index is 2.66. The van der Waals surface area contributed by atoms with Crippen LogP contribution in [-0.2, 0) is 0 Å². The molecule has 0 saturated heterocycles. The molecule has 0 bridgehead atoms. The standard InChI is InChI=1S/C12H8ClIN2O/c1-7(6-15)17-12-10(14)5-9(13)8-3-2-4-16-11(8)12/h2-5,7H,1H3. The number of benzene rings is 1. The normalized spacial score (nSPS) is 12.1. The molecule has 1 heterocycles. The zero-order chi connectivity index (χ0) is 12.4. The first-order valence-electron chi connectivity index (χ1n) is 4.92. The van der Waals surface area contributed by atoms with Crippen LogP contribution in [0.2, 0.25) is 5.02 Å². The molecule has 1 aromatic heterocycles. The van der Waals surface area contributed by atoms with Gasteiger partial charge >= 0.3 is 0 Å². The Morgan fingerprint density at radius 3 is 3.06 bits per heavy atom. The molecule has 0 aliphatic heterocycles. The summed E-state index contributed by atoms with van der Waals surface area (Å²) in [5.74, 6) is 0.611. The molecule has 3 nitrogen and oxygen atoms in total. The largest absolute Gasteiger partial charge is 0.472 e. The van der Waals surface area contributed by atoms with E-state index >= 15 is 0 Å². The summed E-state index contributed by atoms with van der Waals surface area (Å²) < 4.78 is 6.42. The van der Waals surface area contributed by atoms with E-state index < -0.39 is 6.10 Å². The van der Waals surface area contributed by atoms with E-state index in [0.29, 0.717) is 16.3 Å². The molecule has 5 heteroatoms. The highest BCUT2D eigenvalue weighted by Crippen LogP contribution is 2.35. The number of aromatic nitrogens is 1. The van der Waals surface area contributed by atoms with Crippen LogP contribution < -0.4 is 4.74 Å². The van der Waals surface area contributed by atoms with Gasteiger partial charge in [-0.25, -0.2) is 0 Å². The van der Waals surface area contributed by atoms with E-state index in [9.17, 15) is 0 Å². The van der Waals surface area contributed by atoms with Crippen molar-refractivity contribution in [2.24, 2.45) is 0 Å². The van der Waals surface area contributed by atoms with Crippen LogP contribution in [0.5, 0.6) is 5.75 Å². The van der Waals surface area contributed by atoms with Crippen molar-refractivity contribution in [2.45, 2.75) is 13.0 Å². The minimum absolute atomic E-state index is 0.519. The molecule has 0 aliphatic carbocycles. The third-order valence-electron chi connectivity index (χ3n) is 2.23. The third kappa shape index (κ3) is 2.45. The number of halogens is 2. The summed E-state index contributed by atoms with van der Waals surface area (Å²) in [6, 6.07) is 7.54. The number of rotatable bonds is 2. The Hall–Kier alpha value is -1.06. The van der Waals surface area contributed by atoms with Gasteiger partial charge < -0.3 is 4.74 Å². The predicted octanol–water partition coefficient (Wildman–Crippen LogP) is 3.78. The van der Waals surface area contributed by atoms with E-state index in [2.05, 4.69) is 27.6 Å². The summed E-state index contributed by atoms with van der Waals surface area (Å²) in [5.41, 5.74) is 0.687. The summed E-state index contributed by atoms with van der Waals surface area (Å²) in [6.07, 6.45) is 1.16. The zero-order valence-electron chi connectivity index (χ0n) is 8.95. The van der Waals surface area contributed by atoms with Crippen molar-refractivity contribution >= 4 is 45.1 Å². The van der Waals surface area contributed by atoms with Crippen LogP contribution in [0, 0.1) is 14.9 Å². The molecule has 0 spiro atoms. The molecule has 2 aromatic rings. The maximum atomic E-state index is 8.79. The van der Waals surface area contributed by atoms with Crippen LogP contribution in [0.3, 0.4) is 0 Å². The van der Waals surface area contributed by atoms with Gasteiger partial charge in [-0.2, -0.15) is 5.26 Å². The number of ether oxygens (including phenoxy) is 1. The van der Waals surface area contributed by atoms with Crippen molar-refractivity contribution in [3.63, 3.8) is 0 Å². The molecule has 1 aromatic carbocycles. The lowest BCUT2D eigenvalue weighted by Crippen LogP contribution is -2.09.